The molecule has 1 N–H and O–H groups in total. The van der Waals surface area contributed by atoms with Gasteiger partial charge in [-0.25, -0.2) is 4.79 Å². The van der Waals surface area contributed by atoms with Crippen LogP contribution >= 0.6 is 23.2 Å². The molecule has 2 aromatic rings. The first-order valence-corrected chi connectivity index (χ1v) is 5.97. The van der Waals surface area contributed by atoms with Gasteiger partial charge in [-0.3, -0.25) is 4.79 Å². The van der Waals surface area contributed by atoms with Crippen molar-refractivity contribution in [2.24, 2.45) is 0 Å². The fourth-order valence-corrected chi connectivity index (χ4v) is 2.16. The lowest BCUT2D eigenvalue weighted by Crippen LogP contribution is -2.18. The van der Waals surface area contributed by atoms with Crippen molar-refractivity contribution >= 4 is 40.1 Å². The quantitative estimate of drug-likeness (QED) is 0.863. The average Bonchev–Trinajstić information content (AvgIpc) is 2.30. The molecule has 0 saturated heterocycles. The Labute approximate surface area is 112 Å². The molecular weight excluding hydrogens is 277 g/mol. The van der Waals surface area contributed by atoms with Gasteiger partial charge in [0.05, 0.1) is 17.1 Å². The summed E-state index contributed by atoms with van der Waals surface area (Å²) in [5.41, 5.74) is -0.0756. The molecule has 4 nitrogen and oxygen atoms in total. The fraction of sp³-hybridized carbons (Fsp3) is 0.167. The third kappa shape index (κ3) is 2.21. The molecule has 0 saturated carbocycles. The number of hydrogen-bond donors (Lipinski definition) is 1. The van der Waals surface area contributed by atoms with E-state index >= 15 is 0 Å². The number of benzene rings is 1. The summed E-state index contributed by atoms with van der Waals surface area (Å²) in [4.78, 5) is 26.5. The molecule has 0 aliphatic rings. The monoisotopic (exact) mass is 285 g/mol. The number of rotatable bonds is 2. The lowest BCUT2D eigenvalue weighted by Gasteiger charge is -2.05. The molecule has 2 rings (SSSR count). The van der Waals surface area contributed by atoms with Crippen molar-refractivity contribution < 1.29 is 9.53 Å². The van der Waals surface area contributed by atoms with Gasteiger partial charge in [0.1, 0.15) is 5.56 Å². The van der Waals surface area contributed by atoms with Gasteiger partial charge in [0.25, 0.3) is 0 Å². The summed E-state index contributed by atoms with van der Waals surface area (Å²) in [6, 6.07) is 2.98. The van der Waals surface area contributed by atoms with Gasteiger partial charge >= 0.3 is 5.97 Å². The highest BCUT2D eigenvalue weighted by atomic mass is 35.5. The number of esters is 1. The van der Waals surface area contributed by atoms with E-state index in [1.807, 2.05) is 0 Å². The minimum atomic E-state index is -0.670. The summed E-state index contributed by atoms with van der Waals surface area (Å²) in [7, 11) is 0. The number of fused-ring (bicyclic) bond motifs is 1. The molecule has 0 fully saturated rings. The van der Waals surface area contributed by atoms with E-state index in [2.05, 4.69) is 4.98 Å². The third-order valence-electron chi connectivity index (χ3n) is 2.40. The number of hydrogen-bond acceptors (Lipinski definition) is 3. The molecule has 1 aromatic heterocycles. The van der Waals surface area contributed by atoms with E-state index < -0.39 is 11.4 Å². The average molecular weight is 286 g/mol. The SMILES string of the molecule is CCOC(=O)c1c[nH]c2c(Cl)cc(Cl)cc2c1=O. The Bertz CT molecular complexity index is 679. The molecule has 0 amide bonds. The second-order valence-electron chi connectivity index (χ2n) is 3.56. The molecule has 1 aromatic carbocycles. The number of H-pyrrole nitrogens is 1. The number of aromatic nitrogens is 1. The van der Waals surface area contributed by atoms with Crippen LogP contribution in [0.25, 0.3) is 10.9 Å². The first kappa shape index (κ1) is 12.9. The maximum absolute atomic E-state index is 12.1. The molecule has 0 radical (unpaired) electrons. The van der Waals surface area contributed by atoms with Gasteiger partial charge in [-0.2, -0.15) is 0 Å². The lowest BCUT2D eigenvalue weighted by molar-refractivity contribution is 0.0524. The van der Waals surface area contributed by atoms with E-state index in [0.29, 0.717) is 15.6 Å². The second-order valence-corrected chi connectivity index (χ2v) is 4.41. The topological polar surface area (TPSA) is 59.2 Å². The van der Waals surface area contributed by atoms with Crippen LogP contribution in [0.4, 0.5) is 0 Å². The van der Waals surface area contributed by atoms with Crippen molar-refractivity contribution in [2.75, 3.05) is 6.61 Å². The van der Waals surface area contributed by atoms with Crippen LogP contribution in [0.1, 0.15) is 17.3 Å². The Balaban J connectivity index is 2.71. The van der Waals surface area contributed by atoms with Crippen LogP contribution in [0, 0.1) is 0 Å². The van der Waals surface area contributed by atoms with Crippen LogP contribution in [0.3, 0.4) is 0 Å². The molecular formula is C12H9Cl2NO3. The van der Waals surface area contributed by atoms with Crippen LogP contribution in [-0.2, 0) is 4.74 Å². The fourth-order valence-electron chi connectivity index (χ4n) is 1.61. The van der Waals surface area contributed by atoms with Gasteiger partial charge in [-0.15, -0.1) is 0 Å². The van der Waals surface area contributed by atoms with Gasteiger partial charge in [-0.05, 0) is 19.1 Å². The predicted octanol–water partition coefficient (Wildman–Crippen LogP) is 3.01. The minimum absolute atomic E-state index is 0.0670. The van der Waals surface area contributed by atoms with Crippen molar-refractivity contribution in [3.05, 3.63) is 44.2 Å². The standard InChI is InChI=1S/C12H9Cl2NO3/c1-2-18-12(17)8-5-15-10-7(11(8)16)3-6(13)4-9(10)14/h3-5H,2H2,1H3,(H,15,16). The van der Waals surface area contributed by atoms with Crippen molar-refractivity contribution in [1.29, 1.82) is 0 Å². The van der Waals surface area contributed by atoms with Crippen molar-refractivity contribution in [3.63, 3.8) is 0 Å². The Morgan fingerprint density at radius 2 is 2.11 bits per heavy atom. The van der Waals surface area contributed by atoms with Gasteiger partial charge in [0, 0.05) is 16.6 Å². The number of carbonyl (C=O) groups excluding carboxylic acids is 1. The molecule has 94 valence electrons. The zero-order valence-electron chi connectivity index (χ0n) is 9.42. The van der Waals surface area contributed by atoms with E-state index in [1.54, 1.807) is 6.92 Å². The Morgan fingerprint density at radius 3 is 2.78 bits per heavy atom. The normalized spacial score (nSPS) is 10.6. The van der Waals surface area contributed by atoms with E-state index in [-0.39, 0.29) is 17.6 Å². The smallest absolute Gasteiger partial charge is 0.343 e. The summed E-state index contributed by atoms with van der Waals surface area (Å²) in [5, 5.41) is 0.919. The molecule has 0 atom stereocenters. The summed E-state index contributed by atoms with van der Waals surface area (Å²) >= 11 is 11.8. The summed E-state index contributed by atoms with van der Waals surface area (Å²) in [5.74, 6) is -0.670. The number of carbonyl (C=O) groups is 1. The molecule has 0 unspecified atom stereocenters. The van der Waals surface area contributed by atoms with E-state index in [4.69, 9.17) is 27.9 Å². The van der Waals surface area contributed by atoms with Crippen LogP contribution < -0.4 is 5.43 Å². The first-order chi connectivity index (χ1) is 8.54. The van der Waals surface area contributed by atoms with Crippen molar-refractivity contribution in [1.82, 2.24) is 4.98 Å². The van der Waals surface area contributed by atoms with Crippen LogP contribution in [0.2, 0.25) is 10.0 Å². The summed E-state index contributed by atoms with van der Waals surface area (Å²) < 4.78 is 4.79. The number of aromatic amines is 1. The zero-order chi connectivity index (χ0) is 13.3. The Hall–Kier alpha value is -1.52. The molecule has 0 aliphatic carbocycles. The van der Waals surface area contributed by atoms with Gasteiger partial charge in [0.2, 0.25) is 5.43 Å². The Kier molecular flexibility index (Phi) is 3.59. The van der Waals surface area contributed by atoms with Gasteiger partial charge in [0.15, 0.2) is 0 Å². The number of nitrogens with one attached hydrogen (secondary N) is 1. The molecule has 0 spiro atoms. The van der Waals surface area contributed by atoms with Gasteiger partial charge in [-0.1, -0.05) is 23.2 Å². The maximum atomic E-state index is 12.1. The molecule has 18 heavy (non-hydrogen) atoms. The van der Waals surface area contributed by atoms with Crippen LogP contribution in [-0.4, -0.2) is 17.6 Å². The summed E-state index contributed by atoms with van der Waals surface area (Å²) in [6.45, 7) is 1.87. The van der Waals surface area contributed by atoms with Crippen LogP contribution in [0.15, 0.2) is 23.1 Å². The first-order valence-electron chi connectivity index (χ1n) is 5.22. The highest BCUT2D eigenvalue weighted by Crippen LogP contribution is 2.24. The van der Waals surface area contributed by atoms with E-state index in [9.17, 15) is 9.59 Å². The number of halogens is 2. The highest BCUT2D eigenvalue weighted by molar-refractivity contribution is 6.38. The van der Waals surface area contributed by atoms with E-state index in [0.717, 1.165) is 0 Å². The zero-order valence-corrected chi connectivity index (χ0v) is 10.9. The molecule has 1 heterocycles. The number of ether oxygens (including phenoxy) is 1. The van der Waals surface area contributed by atoms with Gasteiger partial charge < -0.3 is 9.72 Å². The largest absolute Gasteiger partial charge is 0.462 e. The van der Waals surface area contributed by atoms with Crippen molar-refractivity contribution in [2.45, 2.75) is 6.92 Å². The molecule has 0 bridgehead atoms. The second kappa shape index (κ2) is 5.00. The summed E-state index contributed by atoms with van der Waals surface area (Å²) in [6.07, 6.45) is 1.29. The maximum Gasteiger partial charge on any atom is 0.343 e. The third-order valence-corrected chi connectivity index (χ3v) is 2.92. The number of pyridine rings is 1. The Morgan fingerprint density at radius 1 is 1.39 bits per heavy atom. The van der Waals surface area contributed by atoms with Crippen LogP contribution in [0.5, 0.6) is 0 Å². The highest BCUT2D eigenvalue weighted by Gasteiger charge is 2.15. The van der Waals surface area contributed by atoms with Crippen molar-refractivity contribution in [3.8, 4) is 0 Å². The predicted molar refractivity (Wildman–Crippen MR) is 70.5 cm³/mol. The molecule has 0 aliphatic heterocycles. The molecule has 6 heteroatoms. The minimum Gasteiger partial charge on any atom is -0.462 e. The van der Waals surface area contributed by atoms with E-state index in [1.165, 1.54) is 18.3 Å². The lowest BCUT2D eigenvalue weighted by atomic mass is 10.1.